The average Bonchev–Trinajstić information content (AvgIpc) is 2.11. The number of hydrogen-bond acceptors (Lipinski definition) is 4. The van der Waals surface area contributed by atoms with E-state index in [-0.39, 0.29) is 6.07 Å². The summed E-state index contributed by atoms with van der Waals surface area (Å²) >= 11 is 5.25. The number of halogens is 1. The van der Waals surface area contributed by atoms with Crippen LogP contribution in [-0.2, 0) is 14.3 Å². The number of alkyl halides is 1. The van der Waals surface area contributed by atoms with Crippen LogP contribution in [-0.4, -0.2) is 29.8 Å². The highest BCUT2D eigenvalue weighted by Crippen LogP contribution is 2.07. The van der Waals surface area contributed by atoms with Crippen LogP contribution < -0.4 is 5.32 Å². The molecule has 0 bridgehead atoms. The lowest BCUT2D eigenvalue weighted by Crippen LogP contribution is -2.43. The van der Waals surface area contributed by atoms with Crippen molar-refractivity contribution in [1.82, 2.24) is 5.32 Å². The first kappa shape index (κ1) is 15.0. The zero-order valence-corrected chi connectivity index (χ0v) is 10.8. The highest BCUT2D eigenvalue weighted by atomic mass is 35.5. The van der Waals surface area contributed by atoms with Crippen LogP contribution in [0, 0.1) is 0 Å². The Bertz CT molecular complexity index is 250. The summed E-state index contributed by atoms with van der Waals surface area (Å²) in [6, 6.07) is -0.959. The number of alkyl carbamates (subject to hydrolysis) is 1. The molecule has 1 amide bonds. The van der Waals surface area contributed by atoms with Crippen molar-refractivity contribution < 1.29 is 19.1 Å². The summed E-state index contributed by atoms with van der Waals surface area (Å²) < 4.78 is 9.59. The normalized spacial score (nSPS) is 12.8. The third-order valence-electron chi connectivity index (χ3n) is 1.58. The molecule has 0 heterocycles. The Balaban J connectivity index is 4.22. The molecule has 94 valence electrons. The monoisotopic (exact) mass is 251 g/mol. The van der Waals surface area contributed by atoms with Crippen molar-refractivity contribution in [3.63, 3.8) is 0 Å². The molecule has 0 unspecified atom stereocenters. The van der Waals surface area contributed by atoms with E-state index in [0.29, 0.717) is 6.42 Å². The number of esters is 1. The third-order valence-corrected chi connectivity index (χ3v) is 1.69. The molecule has 0 rings (SSSR count). The lowest BCUT2D eigenvalue weighted by molar-refractivity contribution is -0.144. The molecular weight excluding hydrogens is 234 g/mol. The molecule has 0 aliphatic carbocycles. The highest BCUT2D eigenvalue weighted by molar-refractivity contribution is 6.17. The molecule has 16 heavy (non-hydrogen) atoms. The second kappa shape index (κ2) is 6.58. The first-order valence-corrected chi connectivity index (χ1v) is 5.55. The molecule has 0 spiro atoms. The van der Waals surface area contributed by atoms with Crippen LogP contribution in [0.15, 0.2) is 0 Å². The van der Waals surface area contributed by atoms with Crippen LogP contribution in [0.4, 0.5) is 4.79 Å². The Morgan fingerprint density at radius 1 is 1.38 bits per heavy atom. The molecule has 0 saturated carbocycles. The number of amides is 1. The first-order valence-electron chi connectivity index (χ1n) is 5.02. The van der Waals surface area contributed by atoms with Gasteiger partial charge in [0.2, 0.25) is 0 Å². The van der Waals surface area contributed by atoms with E-state index in [9.17, 15) is 9.59 Å². The predicted molar refractivity (Wildman–Crippen MR) is 60.3 cm³/mol. The molecule has 0 aromatic heterocycles. The van der Waals surface area contributed by atoms with Gasteiger partial charge in [-0.05, 0) is 27.2 Å². The van der Waals surface area contributed by atoms with Gasteiger partial charge in [0.15, 0.2) is 6.07 Å². The van der Waals surface area contributed by atoms with Gasteiger partial charge in [-0.15, -0.1) is 0 Å². The van der Waals surface area contributed by atoms with Crippen molar-refractivity contribution in [2.75, 3.05) is 6.07 Å². The van der Waals surface area contributed by atoms with Crippen LogP contribution >= 0.6 is 11.6 Å². The number of carbonyl (C=O) groups excluding carboxylic acids is 2. The maximum Gasteiger partial charge on any atom is 0.408 e. The van der Waals surface area contributed by atoms with Crippen LogP contribution in [0.3, 0.4) is 0 Å². The molecule has 0 aliphatic heterocycles. The number of carbonyl (C=O) groups is 2. The van der Waals surface area contributed by atoms with Crippen molar-refractivity contribution >= 4 is 23.7 Å². The second-order valence-electron chi connectivity index (χ2n) is 4.18. The smallest absolute Gasteiger partial charge is 0.408 e. The molecule has 0 aromatic rings. The van der Waals surface area contributed by atoms with Crippen LogP contribution in [0.5, 0.6) is 0 Å². The minimum atomic E-state index is -0.728. The lowest BCUT2D eigenvalue weighted by Gasteiger charge is -2.22. The summed E-state index contributed by atoms with van der Waals surface area (Å²) in [7, 11) is 0. The summed E-state index contributed by atoms with van der Waals surface area (Å²) in [5.74, 6) is -0.566. The van der Waals surface area contributed by atoms with Gasteiger partial charge in [0.1, 0.15) is 11.6 Å². The minimum absolute atomic E-state index is 0.231. The van der Waals surface area contributed by atoms with E-state index in [2.05, 4.69) is 10.1 Å². The molecule has 1 N–H and O–H groups in total. The highest BCUT2D eigenvalue weighted by Gasteiger charge is 2.23. The molecule has 0 saturated heterocycles. The summed E-state index contributed by atoms with van der Waals surface area (Å²) in [5.41, 5.74) is -0.598. The van der Waals surface area contributed by atoms with Gasteiger partial charge in [-0.1, -0.05) is 18.5 Å². The zero-order chi connectivity index (χ0) is 12.8. The van der Waals surface area contributed by atoms with E-state index in [1.807, 2.05) is 0 Å². The van der Waals surface area contributed by atoms with Crippen molar-refractivity contribution in [3.8, 4) is 0 Å². The molecule has 0 fully saturated rings. The summed E-state index contributed by atoms with van der Waals surface area (Å²) in [5, 5.41) is 2.41. The van der Waals surface area contributed by atoms with Crippen molar-refractivity contribution in [2.24, 2.45) is 0 Å². The first-order chi connectivity index (χ1) is 7.30. The lowest BCUT2D eigenvalue weighted by atomic mass is 10.2. The maximum atomic E-state index is 11.4. The Hall–Kier alpha value is -0.970. The quantitative estimate of drug-likeness (QED) is 0.613. The van der Waals surface area contributed by atoms with E-state index < -0.39 is 23.7 Å². The molecule has 5 nitrogen and oxygen atoms in total. The van der Waals surface area contributed by atoms with Gasteiger partial charge < -0.3 is 14.8 Å². The maximum absolute atomic E-state index is 11.4. The number of ether oxygens (including phenoxy) is 2. The fourth-order valence-electron chi connectivity index (χ4n) is 0.932. The molecule has 6 heteroatoms. The zero-order valence-electron chi connectivity index (χ0n) is 10.0. The summed E-state index contributed by atoms with van der Waals surface area (Å²) in [6.45, 7) is 6.97. The van der Waals surface area contributed by atoms with Gasteiger partial charge in [0.25, 0.3) is 0 Å². The van der Waals surface area contributed by atoms with Crippen molar-refractivity contribution in [3.05, 3.63) is 0 Å². The Morgan fingerprint density at radius 3 is 2.31 bits per heavy atom. The third kappa shape index (κ3) is 6.50. The molecular formula is C10H18ClNO4. The Kier molecular flexibility index (Phi) is 6.18. The Morgan fingerprint density at radius 2 is 1.94 bits per heavy atom. The van der Waals surface area contributed by atoms with E-state index >= 15 is 0 Å². The standard InChI is InChI=1S/C10H18ClNO4/c1-5-7(8(13)15-6-11)12-9(14)16-10(2,3)4/h7H,5-6H2,1-4H3,(H,12,14)/t7-/m1/s1. The van der Waals surface area contributed by atoms with Gasteiger partial charge in [-0.2, -0.15) is 0 Å². The summed E-state index contributed by atoms with van der Waals surface area (Å²) in [6.07, 6.45) is -0.236. The molecule has 0 radical (unpaired) electrons. The van der Waals surface area contributed by atoms with E-state index in [4.69, 9.17) is 16.3 Å². The number of nitrogens with one attached hydrogen (secondary N) is 1. The average molecular weight is 252 g/mol. The van der Waals surface area contributed by atoms with Crippen molar-refractivity contribution in [1.29, 1.82) is 0 Å². The van der Waals surface area contributed by atoms with Crippen molar-refractivity contribution in [2.45, 2.75) is 45.8 Å². The largest absolute Gasteiger partial charge is 0.448 e. The summed E-state index contributed by atoms with van der Waals surface area (Å²) in [4.78, 5) is 22.7. The molecule has 1 atom stereocenters. The van der Waals surface area contributed by atoms with Crippen LogP contribution in [0.1, 0.15) is 34.1 Å². The minimum Gasteiger partial charge on any atom is -0.448 e. The van der Waals surface area contributed by atoms with E-state index in [1.165, 1.54) is 0 Å². The molecule has 0 aromatic carbocycles. The fourth-order valence-corrected chi connectivity index (χ4v) is 1.04. The molecule has 0 aliphatic rings. The number of rotatable bonds is 4. The van der Waals surface area contributed by atoms with E-state index in [0.717, 1.165) is 0 Å². The second-order valence-corrected chi connectivity index (χ2v) is 4.40. The topological polar surface area (TPSA) is 64.6 Å². The predicted octanol–water partition coefficient (Wildman–Crippen LogP) is 2.03. The van der Waals surface area contributed by atoms with E-state index in [1.54, 1.807) is 27.7 Å². The fraction of sp³-hybridized carbons (Fsp3) is 0.800. The number of hydrogen-bond donors (Lipinski definition) is 1. The van der Waals surface area contributed by atoms with Crippen LogP contribution in [0.25, 0.3) is 0 Å². The van der Waals surface area contributed by atoms with Gasteiger partial charge >= 0.3 is 12.1 Å². The SMILES string of the molecule is CC[C@@H](NC(=O)OC(C)(C)C)C(=O)OCCl. The Labute approximate surface area is 100 Å². The van der Waals surface area contributed by atoms with Gasteiger partial charge in [-0.3, -0.25) is 0 Å². The van der Waals surface area contributed by atoms with Crippen LogP contribution in [0.2, 0.25) is 0 Å². The van der Waals surface area contributed by atoms with Gasteiger partial charge in [0, 0.05) is 0 Å². The van der Waals surface area contributed by atoms with Gasteiger partial charge in [-0.25, -0.2) is 9.59 Å². The van der Waals surface area contributed by atoms with Gasteiger partial charge in [0.05, 0.1) is 0 Å².